The summed E-state index contributed by atoms with van der Waals surface area (Å²) < 4.78 is 0. The number of hydrogen-bond acceptors (Lipinski definition) is 1. The van der Waals surface area contributed by atoms with Crippen LogP contribution in [0.1, 0.15) is 46.0 Å². The number of rotatable bonds is 3. The topological polar surface area (TPSA) is 17.1 Å². The highest BCUT2D eigenvalue weighted by molar-refractivity contribution is 5.53. The average molecular weight is 180 g/mol. The molecule has 1 aliphatic rings. The molecule has 0 radical (unpaired) electrons. The highest BCUT2D eigenvalue weighted by atomic mass is 16.1. The highest BCUT2D eigenvalue weighted by Gasteiger charge is 2.19. The fourth-order valence-corrected chi connectivity index (χ4v) is 1.96. The molecule has 0 spiro atoms. The van der Waals surface area contributed by atoms with Crippen LogP contribution in [-0.4, -0.2) is 6.29 Å². The fourth-order valence-electron chi connectivity index (χ4n) is 1.96. The van der Waals surface area contributed by atoms with Crippen molar-refractivity contribution in [2.75, 3.05) is 0 Å². The standard InChI is InChI=1S/C12H20O/c1-10(2)3-4-11-5-7-12(9-13)8-6-11/h3,9,11-12H,4-8H2,1-2H3. The first-order valence-corrected chi connectivity index (χ1v) is 5.31. The van der Waals surface area contributed by atoms with Crippen molar-refractivity contribution in [1.29, 1.82) is 0 Å². The van der Waals surface area contributed by atoms with Crippen LogP contribution in [-0.2, 0) is 4.79 Å². The first-order chi connectivity index (χ1) is 6.22. The zero-order valence-corrected chi connectivity index (χ0v) is 8.75. The Kier molecular flexibility index (Phi) is 4.20. The van der Waals surface area contributed by atoms with Crippen molar-refractivity contribution in [1.82, 2.24) is 0 Å². The molecule has 74 valence electrons. The molecule has 1 aliphatic carbocycles. The van der Waals surface area contributed by atoms with Gasteiger partial charge in [0.15, 0.2) is 0 Å². The van der Waals surface area contributed by atoms with Gasteiger partial charge in [-0.05, 0) is 51.9 Å². The summed E-state index contributed by atoms with van der Waals surface area (Å²) in [6, 6.07) is 0. The Morgan fingerprint density at radius 1 is 1.23 bits per heavy atom. The van der Waals surface area contributed by atoms with Crippen molar-refractivity contribution in [3.63, 3.8) is 0 Å². The molecule has 0 heterocycles. The molecule has 1 heteroatoms. The van der Waals surface area contributed by atoms with Crippen LogP contribution < -0.4 is 0 Å². The predicted octanol–water partition coefficient (Wildman–Crippen LogP) is 3.35. The summed E-state index contributed by atoms with van der Waals surface area (Å²) in [5.74, 6) is 1.20. The lowest BCUT2D eigenvalue weighted by Crippen LogP contribution is -2.14. The Bertz CT molecular complexity index is 181. The van der Waals surface area contributed by atoms with Gasteiger partial charge in [-0.3, -0.25) is 0 Å². The fraction of sp³-hybridized carbons (Fsp3) is 0.750. The van der Waals surface area contributed by atoms with Crippen molar-refractivity contribution < 1.29 is 4.79 Å². The van der Waals surface area contributed by atoms with Gasteiger partial charge in [-0.1, -0.05) is 11.6 Å². The molecule has 1 nitrogen and oxygen atoms in total. The minimum Gasteiger partial charge on any atom is -0.303 e. The van der Waals surface area contributed by atoms with Gasteiger partial charge in [0.1, 0.15) is 6.29 Å². The van der Waals surface area contributed by atoms with Crippen LogP contribution in [0.15, 0.2) is 11.6 Å². The summed E-state index contributed by atoms with van der Waals surface area (Å²) in [5.41, 5.74) is 1.41. The molecule has 13 heavy (non-hydrogen) atoms. The predicted molar refractivity (Wildman–Crippen MR) is 55.6 cm³/mol. The van der Waals surface area contributed by atoms with Gasteiger partial charge >= 0.3 is 0 Å². The summed E-state index contributed by atoms with van der Waals surface area (Å²) in [5, 5.41) is 0. The number of hydrogen-bond donors (Lipinski definition) is 0. The molecule has 1 rings (SSSR count). The second-order valence-corrected chi connectivity index (χ2v) is 4.43. The van der Waals surface area contributed by atoms with Crippen LogP contribution in [0.3, 0.4) is 0 Å². The van der Waals surface area contributed by atoms with E-state index in [2.05, 4.69) is 19.9 Å². The second kappa shape index (κ2) is 5.21. The molecule has 0 atom stereocenters. The van der Waals surface area contributed by atoms with Gasteiger partial charge < -0.3 is 4.79 Å². The van der Waals surface area contributed by atoms with E-state index in [1.807, 2.05) is 0 Å². The third-order valence-corrected chi connectivity index (χ3v) is 2.94. The van der Waals surface area contributed by atoms with E-state index in [1.54, 1.807) is 0 Å². The van der Waals surface area contributed by atoms with E-state index in [0.717, 1.165) is 25.0 Å². The van der Waals surface area contributed by atoms with Crippen LogP contribution in [0, 0.1) is 11.8 Å². The van der Waals surface area contributed by atoms with Gasteiger partial charge in [-0.25, -0.2) is 0 Å². The SMILES string of the molecule is CC(C)=CCC1CCC(C=O)CC1. The van der Waals surface area contributed by atoms with Crippen LogP contribution >= 0.6 is 0 Å². The molecule has 0 aromatic rings. The molecule has 1 saturated carbocycles. The summed E-state index contributed by atoms with van der Waals surface area (Å²) in [6.07, 6.45) is 9.40. The average Bonchev–Trinajstić information content (AvgIpc) is 2.15. The van der Waals surface area contributed by atoms with Crippen molar-refractivity contribution in [2.24, 2.45) is 11.8 Å². The van der Waals surface area contributed by atoms with Gasteiger partial charge in [-0.15, -0.1) is 0 Å². The van der Waals surface area contributed by atoms with E-state index >= 15 is 0 Å². The monoisotopic (exact) mass is 180 g/mol. The zero-order chi connectivity index (χ0) is 9.68. The van der Waals surface area contributed by atoms with Crippen molar-refractivity contribution in [3.8, 4) is 0 Å². The summed E-state index contributed by atoms with van der Waals surface area (Å²) in [6.45, 7) is 4.30. The van der Waals surface area contributed by atoms with Crippen LogP contribution in [0.4, 0.5) is 0 Å². The Morgan fingerprint density at radius 3 is 2.31 bits per heavy atom. The Labute approximate surface area is 81.2 Å². The van der Waals surface area contributed by atoms with Crippen LogP contribution in [0.25, 0.3) is 0 Å². The maximum atomic E-state index is 10.5. The first kappa shape index (κ1) is 10.5. The van der Waals surface area contributed by atoms with E-state index in [1.165, 1.54) is 24.8 Å². The first-order valence-electron chi connectivity index (χ1n) is 5.31. The maximum Gasteiger partial charge on any atom is 0.123 e. The number of allylic oxidation sites excluding steroid dienone is 2. The lowest BCUT2D eigenvalue weighted by Gasteiger charge is -2.24. The van der Waals surface area contributed by atoms with Gasteiger partial charge in [0.25, 0.3) is 0 Å². The highest BCUT2D eigenvalue weighted by Crippen LogP contribution is 2.30. The lowest BCUT2D eigenvalue weighted by atomic mass is 9.81. The normalized spacial score (nSPS) is 28.2. The number of carbonyl (C=O) groups excluding carboxylic acids is 1. The molecule has 0 aromatic carbocycles. The van der Waals surface area contributed by atoms with E-state index in [9.17, 15) is 4.79 Å². The lowest BCUT2D eigenvalue weighted by molar-refractivity contribution is -0.112. The van der Waals surface area contributed by atoms with Crippen LogP contribution in [0.2, 0.25) is 0 Å². The molecular weight excluding hydrogens is 160 g/mol. The molecule has 0 saturated heterocycles. The van der Waals surface area contributed by atoms with E-state index in [0.29, 0.717) is 5.92 Å². The van der Waals surface area contributed by atoms with Gasteiger partial charge in [0.2, 0.25) is 0 Å². The van der Waals surface area contributed by atoms with Gasteiger partial charge in [-0.2, -0.15) is 0 Å². The molecule has 0 aromatic heterocycles. The van der Waals surface area contributed by atoms with Crippen molar-refractivity contribution >= 4 is 6.29 Å². The summed E-state index contributed by atoms with van der Waals surface area (Å²) in [4.78, 5) is 10.5. The van der Waals surface area contributed by atoms with Crippen LogP contribution in [0.5, 0.6) is 0 Å². The molecule has 0 aliphatic heterocycles. The minimum atomic E-state index is 0.364. The third-order valence-electron chi connectivity index (χ3n) is 2.94. The van der Waals surface area contributed by atoms with E-state index in [4.69, 9.17) is 0 Å². The Balaban J connectivity index is 2.25. The number of aldehydes is 1. The molecule has 0 bridgehead atoms. The van der Waals surface area contributed by atoms with Crippen molar-refractivity contribution in [3.05, 3.63) is 11.6 Å². The minimum absolute atomic E-state index is 0.364. The summed E-state index contributed by atoms with van der Waals surface area (Å²) in [7, 11) is 0. The zero-order valence-electron chi connectivity index (χ0n) is 8.75. The molecule has 0 amide bonds. The van der Waals surface area contributed by atoms with Crippen molar-refractivity contribution in [2.45, 2.75) is 46.0 Å². The molecule has 1 fully saturated rings. The summed E-state index contributed by atoms with van der Waals surface area (Å²) >= 11 is 0. The smallest absolute Gasteiger partial charge is 0.123 e. The third kappa shape index (κ3) is 3.75. The maximum absolute atomic E-state index is 10.5. The Morgan fingerprint density at radius 2 is 1.85 bits per heavy atom. The van der Waals surface area contributed by atoms with E-state index in [-0.39, 0.29) is 0 Å². The quantitative estimate of drug-likeness (QED) is 0.481. The van der Waals surface area contributed by atoms with Gasteiger partial charge in [0, 0.05) is 5.92 Å². The second-order valence-electron chi connectivity index (χ2n) is 4.43. The van der Waals surface area contributed by atoms with E-state index < -0.39 is 0 Å². The van der Waals surface area contributed by atoms with Gasteiger partial charge in [0.05, 0.1) is 0 Å². The molecule has 0 unspecified atom stereocenters. The Hall–Kier alpha value is -0.590. The number of carbonyl (C=O) groups is 1. The largest absolute Gasteiger partial charge is 0.303 e. The molecule has 0 N–H and O–H groups in total. The molecular formula is C12H20O.